The molecule has 3 N–H and O–H groups in total. The van der Waals surface area contributed by atoms with Crippen LogP contribution in [0.5, 0.6) is 0 Å². The van der Waals surface area contributed by atoms with Crippen molar-refractivity contribution in [1.82, 2.24) is 4.98 Å². The molecule has 1 aromatic carbocycles. The molecule has 1 aromatic heterocycles. The molecule has 3 nitrogen and oxygen atoms in total. The number of benzene rings is 1. The van der Waals surface area contributed by atoms with E-state index in [0.717, 1.165) is 51.4 Å². The molecule has 0 unspecified atom stereocenters. The SMILES string of the molecule is C=C(Cc1cc2ccccc2[nH]1)[C@H]1CC[C@](O)(C2CCCCC2)[C@H]2CC[C@](C)(O)[C@H]2C1. The van der Waals surface area contributed by atoms with Crippen molar-refractivity contribution in [3.63, 3.8) is 0 Å². The summed E-state index contributed by atoms with van der Waals surface area (Å²) in [5, 5.41) is 24.6. The normalized spacial score (nSPS) is 36.9. The molecule has 3 aliphatic rings. The molecule has 0 spiro atoms. The van der Waals surface area contributed by atoms with Crippen molar-refractivity contribution in [3.8, 4) is 0 Å². The first-order chi connectivity index (χ1) is 14.9. The Bertz CT molecular complexity index is 904. The van der Waals surface area contributed by atoms with Gasteiger partial charge in [0.2, 0.25) is 0 Å². The second kappa shape index (κ2) is 8.08. The molecule has 0 bridgehead atoms. The second-order valence-corrected chi connectivity index (χ2v) is 11.1. The van der Waals surface area contributed by atoms with Crippen LogP contribution in [-0.4, -0.2) is 26.4 Å². The van der Waals surface area contributed by atoms with Crippen molar-refractivity contribution >= 4 is 10.9 Å². The molecule has 5 atom stereocenters. The maximum atomic E-state index is 12.1. The number of hydrogen-bond donors (Lipinski definition) is 3. The number of hydrogen-bond acceptors (Lipinski definition) is 2. The van der Waals surface area contributed by atoms with Crippen molar-refractivity contribution in [3.05, 3.63) is 48.2 Å². The number of para-hydroxylation sites is 1. The fraction of sp³-hybridized carbons (Fsp3) is 0.643. The number of H-pyrrole nitrogens is 1. The molecule has 0 saturated heterocycles. The zero-order chi connectivity index (χ0) is 21.6. The minimum atomic E-state index is -0.669. The van der Waals surface area contributed by atoms with Crippen LogP contribution < -0.4 is 0 Å². The molecule has 5 rings (SSSR count). The van der Waals surface area contributed by atoms with Crippen LogP contribution in [0.3, 0.4) is 0 Å². The van der Waals surface area contributed by atoms with Crippen LogP contribution in [0.15, 0.2) is 42.5 Å². The Morgan fingerprint density at radius 1 is 1.03 bits per heavy atom. The molecular formula is C28H39NO2. The molecule has 3 heteroatoms. The lowest BCUT2D eigenvalue weighted by Crippen LogP contribution is -2.48. The molecule has 31 heavy (non-hydrogen) atoms. The average Bonchev–Trinajstić information content (AvgIpc) is 3.25. The molecule has 2 aromatic rings. The molecule has 1 heterocycles. The zero-order valence-electron chi connectivity index (χ0n) is 19.1. The third-order valence-electron chi connectivity index (χ3n) is 9.21. The highest BCUT2D eigenvalue weighted by atomic mass is 16.3. The quantitative estimate of drug-likeness (QED) is 0.518. The number of allylic oxidation sites excluding steroid dienone is 1. The maximum absolute atomic E-state index is 12.1. The fourth-order valence-corrected chi connectivity index (χ4v) is 7.40. The summed E-state index contributed by atoms with van der Waals surface area (Å²) in [5.41, 5.74) is 2.36. The second-order valence-electron chi connectivity index (χ2n) is 11.1. The number of rotatable bonds is 4. The van der Waals surface area contributed by atoms with Gasteiger partial charge in [0.15, 0.2) is 0 Å². The van der Waals surface area contributed by atoms with Gasteiger partial charge in [0.25, 0.3) is 0 Å². The van der Waals surface area contributed by atoms with Crippen LogP contribution in [0.1, 0.15) is 76.8 Å². The standard InChI is InChI=1S/C28H39NO2/c1-19(16-23-17-21-8-6-7-11-26(21)29-23)20-12-15-28(31,22-9-4-3-5-10-22)24-13-14-27(2,30)25(24)18-20/h6-8,11,17,20,22,24-25,29-31H,1,3-5,9-10,12-16,18H2,2H3/t20-,24-,25-,27-,28-/m0/s1. The van der Waals surface area contributed by atoms with E-state index in [9.17, 15) is 10.2 Å². The lowest BCUT2D eigenvalue weighted by Gasteiger charge is -2.45. The molecule has 0 amide bonds. The van der Waals surface area contributed by atoms with Crippen LogP contribution in [0.4, 0.5) is 0 Å². The summed E-state index contributed by atoms with van der Waals surface area (Å²) in [6.45, 7) is 6.54. The molecule has 3 aliphatic carbocycles. The van der Waals surface area contributed by atoms with E-state index < -0.39 is 11.2 Å². The topological polar surface area (TPSA) is 56.2 Å². The number of aliphatic hydroxyl groups is 2. The van der Waals surface area contributed by atoms with Crippen molar-refractivity contribution in [2.24, 2.45) is 23.7 Å². The summed E-state index contributed by atoms with van der Waals surface area (Å²) < 4.78 is 0. The van der Waals surface area contributed by atoms with Gasteiger partial charge in [-0.3, -0.25) is 0 Å². The first kappa shape index (κ1) is 21.3. The monoisotopic (exact) mass is 421 g/mol. The first-order valence-corrected chi connectivity index (χ1v) is 12.6. The van der Waals surface area contributed by atoms with E-state index in [-0.39, 0.29) is 11.8 Å². The van der Waals surface area contributed by atoms with Gasteiger partial charge in [-0.15, -0.1) is 0 Å². The fourth-order valence-electron chi connectivity index (χ4n) is 7.40. The van der Waals surface area contributed by atoms with Crippen molar-refractivity contribution in [2.45, 2.75) is 88.8 Å². The smallest absolute Gasteiger partial charge is 0.0707 e. The number of nitrogens with one attached hydrogen (secondary N) is 1. The zero-order valence-corrected chi connectivity index (χ0v) is 19.1. The highest BCUT2D eigenvalue weighted by Gasteiger charge is 2.56. The Kier molecular flexibility index (Phi) is 5.55. The molecule has 3 fully saturated rings. The van der Waals surface area contributed by atoms with Gasteiger partial charge in [0.1, 0.15) is 0 Å². The van der Waals surface area contributed by atoms with Gasteiger partial charge in [0, 0.05) is 17.6 Å². The van der Waals surface area contributed by atoms with E-state index >= 15 is 0 Å². The Morgan fingerprint density at radius 2 is 1.81 bits per heavy atom. The number of aromatic amines is 1. The highest BCUT2D eigenvalue weighted by molar-refractivity contribution is 5.80. The molecular weight excluding hydrogens is 382 g/mol. The number of fused-ring (bicyclic) bond motifs is 2. The van der Waals surface area contributed by atoms with E-state index in [2.05, 4.69) is 41.9 Å². The Labute approximate surface area is 187 Å². The van der Waals surface area contributed by atoms with Gasteiger partial charge >= 0.3 is 0 Å². The summed E-state index contributed by atoms with van der Waals surface area (Å²) in [4.78, 5) is 3.55. The maximum Gasteiger partial charge on any atom is 0.0707 e. The Hall–Kier alpha value is -1.58. The number of aromatic nitrogens is 1. The summed E-state index contributed by atoms with van der Waals surface area (Å²) in [5.74, 6) is 1.17. The van der Waals surface area contributed by atoms with Gasteiger partial charge in [0.05, 0.1) is 11.2 Å². The van der Waals surface area contributed by atoms with E-state index in [0.29, 0.717) is 11.8 Å². The van der Waals surface area contributed by atoms with Gasteiger partial charge in [-0.1, -0.05) is 49.6 Å². The molecule has 3 saturated carbocycles. The van der Waals surface area contributed by atoms with Crippen LogP contribution in [-0.2, 0) is 6.42 Å². The predicted molar refractivity (Wildman–Crippen MR) is 127 cm³/mol. The average molecular weight is 422 g/mol. The first-order valence-electron chi connectivity index (χ1n) is 12.6. The van der Waals surface area contributed by atoms with Crippen LogP contribution >= 0.6 is 0 Å². The lowest BCUT2D eigenvalue weighted by molar-refractivity contribution is -0.109. The van der Waals surface area contributed by atoms with Gasteiger partial charge in [-0.05, 0) is 93.1 Å². The minimum absolute atomic E-state index is 0.173. The van der Waals surface area contributed by atoms with Crippen LogP contribution in [0, 0.1) is 23.7 Å². The van der Waals surface area contributed by atoms with Crippen LogP contribution in [0.2, 0.25) is 0 Å². The van der Waals surface area contributed by atoms with E-state index in [1.807, 2.05) is 6.92 Å². The van der Waals surface area contributed by atoms with E-state index in [1.54, 1.807) is 0 Å². The minimum Gasteiger partial charge on any atom is -0.390 e. The highest BCUT2D eigenvalue weighted by Crippen LogP contribution is 2.56. The van der Waals surface area contributed by atoms with Gasteiger partial charge < -0.3 is 15.2 Å². The largest absolute Gasteiger partial charge is 0.390 e. The molecule has 168 valence electrons. The lowest BCUT2D eigenvalue weighted by atomic mass is 9.65. The summed E-state index contributed by atoms with van der Waals surface area (Å²) in [6, 6.07) is 10.7. The molecule has 0 radical (unpaired) electrons. The van der Waals surface area contributed by atoms with Crippen LogP contribution in [0.25, 0.3) is 10.9 Å². The van der Waals surface area contributed by atoms with Gasteiger partial charge in [-0.2, -0.15) is 0 Å². The summed E-state index contributed by atoms with van der Waals surface area (Å²) in [7, 11) is 0. The van der Waals surface area contributed by atoms with Gasteiger partial charge in [-0.25, -0.2) is 0 Å². The van der Waals surface area contributed by atoms with Crippen molar-refractivity contribution in [2.75, 3.05) is 0 Å². The predicted octanol–water partition coefficient (Wildman–Crippen LogP) is 6.16. The third kappa shape index (κ3) is 3.89. The summed E-state index contributed by atoms with van der Waals surface area (Å²) in [6.07, 6.45) is 11.6. The Morgan fingerprint density at radius 3 is 2.58 bits per heavy atom. The van der Waals surface area contributed by atoms with Crippen molar-refractivity contribution in [1.29, 1.82) is 0 Å². The third-order valence-corrected chi connectivity index (χ3v) is 9.21. The van der Waals surface area contributed by atoms with E-state index in [1.165, 1.54) is 41.4 Å². The van der Waals surface area contributed by atoms with Crippen molar-refractivity contribution < 1.29 is 10.2 Å². The molecule has 0 aliphatic heterocycles. The van der Waals surface area contributed by atoms with E-state index in [4.69, 9.17) is 0 Å². The summed E-state index contributed by atoms with van der Waals surface area (Å²) >= 11 is 0. The Balaban J connectivity index is 1.38.